The van der Waals surface area contributed by atoms with Gasteiger partial charge in [-0.05, 0) is 48.6 Å². The molecule has 0 amide bonds. The molecule has 194 valence electrons. The maximum absolute atomic E-state index is 5.41. The maximum atomic E-state index is 5.41. The van der Waals surface area contributed by atoms with Crippen LogP contribution in [-0.2, 0) is 11.2 Å². The summed E-state index contributed by atoms with van der Waals surface area (Å²) in [5.74, 6) is 0. The quantitative estimate of drug-likeness (QED) is 0.223. The van der Waals surface area contributed by atoms with E-state index in [0.29, 0.717) is 0 Å². The topological polar surface area (TPSA) is 9.23 Å². The molecule has 1 nitrogen and oxygen atoms in total. The molecular weight excluding hydrogens is 424 g/mol. The highest BCUT2D eigenvalue weighted by Gasteiger charge is 2.14. The van der Waals surface area contributed by atoms with Crippen molar-refractivity contribution in [2.75, 3.05) is 7.11 Å². The minimum absolute atomic E-state index is 0.0845. The van der Waals surface area contributed by atoms with Gasteiger partial charge in [0.25, 0.3) is 0 Å². The van der Waals surface area contributed by atoms with Crippen molar-refractivity contribution in [1.82, 2.24) is 0 Å². The highest BCUT2D eigenvalue weighted by atomic mass is 16.5. The van der Waals surface area contributed by atoms with E-state index in [9.17, 15) is 0 Å². The Balaban J connectivity index is 0.000000328. The third kappa shape index (κ3) is 13.5. The molecule has 3 rings (SSSR count). The summed E-state index contributed by atoms with van der Waals surface area (Å²) < 4.78 is 5.41. The van der Waals surface area contributed by atoms with E-state index in [1.54, 1.807) is 0 Å². The molecule has 0 fully saturated rings. The lowest BCUT2D eigenvalue weighted by Gasteiger charge is -2.22. The Morgan fingerprint density at radius 3 is 1.80 bits per heavy atom. The van der Waals surface area contributed by atoms with Gasteiger partial charge in [-0.25, -0.2) is 0 Å². The van der Waals surface area contributed by atoms with Crippen molar-refractivity contribution in [2.24, 2.45) is 0 Å². The highest BCUT2D eigenvalue weighted by molar-refractivity contribution is 5.85. The zero-order valence-corrected chi connectivity index (χ0v) is 23.6. The Labute approximate surface area is 217 Å². The van der Waals surface area contributed by atoms with Crippen molar-refractivity contribution >= 4 is 10.8 Å². The fourth-order valence-corrected chi connectivity index (χ4v) is 4.23. The summed E-state index contributed by atoms with van der Waals surface area (Å²) in [6.45, 7) is 10.6. The number of hydrogen-bond donors (Lipinski definition) is 0. The van der Waals surface area contributed by atoms with Gasteiger partial charge in [0.15, 0.2) is 0 Å². The summed E-state index contributed by atoms with van der Waals surface area (Å²) in [6.07, 6.45) is 14.8. The van der Waals surface area contributed by atoms with Crippen molar-refractivity contribution in [3.63, 3.8) is 0 Å². The van der Waals surface area contributed by atoms with Gasteiger partial charge in [0, 0.05) is 7.11 Å². The van der Waals surface area contributed by atoms with Crippen LogP contribution >= 0.6 is 0 Å². The summed E-state index contributed by atoms with van der Waals surface area (Å²) in [6, 6.07) is 25.7. The molecule has 3 aromatic carbocycles. The van der Waals surface area contributed by atoms with E-state index in [1.807, 2.05) is 21.0 Å². The van der Waals surface area contributed by atoms with Gasteiger partial charge >= 0.3 is 0 Å². The zero-order chi connectivity index (χ0) is 25.8. The first kappa shape index (κ1) is 30.9. The van der Waals surface area contributed by atoms with E-state index in [4.69, 9.17) is 4.74 Å². The van der Waals surface area contributed by atoms with Gasteiger partial charge < -0.3 is 4.74 Å². The van der Waals surface area contributed by atoms with Crippen LogP contribution in [0.2, 0.25) is 0 Å². The van der Waals surface area contributed by atoms with Crippen molar-refractivity contribution in [3.8, 4) is 0 Å². The van der Waals surface area contributed by atoms with Gasteiger partial charge in [-0.1, -0.05) is 151 Å². The monoisotopic (exact) mass is 476 g/mol. The molecule has 0 saturated carbocycles. The van der Waals surface area contributed by atoms with Crippen LogP contribution in [-0.4, -0.2) is 12.7 Å². The molecule has 0 heterocycles. The molecule has 0 atom stereocenters. The van der Waals surface area contributed by atoms with E-state index in [-0.39, 0.29) is 5.60 Å². The molecule has 0 bridgehead atoms. The van der Waals surface area contributed by atoms with E-state index in [2.05, 4.69) is 93.6 Å². The Kier molecular flexibility index (Phi) is 16.9. The molecule has 35 heavy (non-hydrogen) atoms. The molecule has 0 aliphatic heterocycles. The average Bonchev–Trinajstić information content (AvgIpc) is 2.90. The number of rotatable bonds is 13. The number of fused-ring (bicyclic) bond motifs is 1. The Hall–Kier alpha value is -2.12. The number of benzene rings is 3. The van der Waals surface area contributed by atoms with Crippen molar-refractivity contribution in [2.45, 2.75) is 111 Å². The fraction of sp³-hybridized carbons (Fsp3) is 0.529. The van der Waals surface area contributed by atoms with Gasteiger partial charge in [-0.3, -0.25) is 0 Å². The lowest BCUT2D eigenvalue weighted by molar-refractivity contribution is 0.0134. The van der Waals surface area contributed by atoms with Crippen molar-refractivity contribution in [3.05, 3.63) is 83.9 Å². The third-order valence-electron chi connectivity index (χ3n) is 6.55. The Morgan fingerprint density at radius 2 is 1.17 bits per heavy atom. The predicted octanol–water partition coefficient (Wildman–Crippen LogP) is 10.8. The first-order valence-electron chi connectivity index (χ1n) is 14.1. The molecule has 3 aromatic rings. The summed E-state index contributed by atoms with van der Waals surface area (Å²) in [5, 5.41) is 2.68. The second kappa shape index (κ2) is 19.1. The van der Waals surface area contributed by atoms with Gasteiger partial charge in [-0.15, -0.1) is 0 Å². The number of ether oxygens (including phenoxy) is 1. The first-order chi connectivity index (χ1) is 17.1. The summed E-state index contributed by atoms with van der Waals surface area (Å²) >= 11 is 0. The van der Waals surface area contributed by atoms with Gasteiger partial charge in [0.05, 0.1) is 5.60 Å². The molecule has 0 spiro atoms. The van der Waals surface area contributed by atoms with E-state index >= 15 is 0 Å². The van der Waals surface area contributed by atoms with E-state index in [0.717, 1.165) is 6.42 Å². The maximum Gasteiger partial charge on any atom is 0.0622 e. The molecule has 0 aliphatic rings. The molecular formula is C34H52O. The number of unbranched alkanes of at least 4 members (excludes halogenated alkanes) is 8. The van der Waals surface area contributed by atoms with E-state index in [1.165, 1.54) is 86.1 Å². The SMILES string of the molecule is CC.CCCCCCCCCCCC(C)(C)OC.c1ccc(Cc2cccc3ccccc23)cc1. The lowest BCUT2D eigenvalue weighted by Crippen LogP contribution is -2.21. The minimum atomic E-state index is 0.0845. The Morgan fingerprint density at radius 1 is 0.629 bits per heavy atom. The van der Waals surface area contributed by atoms with Gasteiger partial charge in [0.2, 0.25) is 0 Å². The summed E-state index contributed by atoms with van der Waals surface area (Å²) in [4.78, 5) is 0. The molecule has 0 saturated heterocycles. The molecule has 0 unspecified atom stereocenters. The van der Waals surface area contributed by atoms with Crippen LogP contribution in [0.1, 0.15) is 110 Å². The van der Waals surface area contributed by atoms with Crippen LogP contribution in [0, 0.1) is 0 Å². The van der Waals surface area contributed by atoms with Crippen LogP contribution in [0.15, 0.2) is 72.8 Å². The minimum Gasteiger partial charge on any atom is -0.379 e. The number of hydrogen-bond acceptors (Lipinski definition) is 1. The molecule has 0 aliphatic carbocycles. The molecule has 0 N–H and O–H groups in total. The second-order valence-corrected chi connectivity index (χ2v) is 9.84. The fourth-order valence-electron chi connectivity index (χ4n) is 4.23. The van der Waals surface area contributed by atoms with Crippen molar-refractivity contribution < 1.29 is 4.74 Å². The zero-order valence-electron chi connectivity index (χ0n) is 23.6. The van der Waals surface area contributed by atoms with Crippen LogP contribution < -0.4 is 0 Å². The largest absolute Gasteiger partial charge is 0.379 e. The van der Waals surface area contributed by atoms with Crippen LogP contribution in [0.3, 0.4) is 0 Å². The van der Waals surface area contributed by atoms with E-state index < -0.39 is 0 Å². The molecule has 0 aromatic heterocycles. The number of methoxy groups -OCH3 is 1. The Bertz CT molecular complexity index is 876. The predicted molar refractivity (Wildman–Crippen MR) is 157 cm³/mol. The lowest BCUT2D eigenvalue weighted by atomic mass is 9.99. The molecule has 0 radical (unpaired) electrons. The standard InChI is InChI=1S/C17H14.C15H32O.C2H6/c1-2-7-14(8-3-1)13-16-11-6-10-15-9-4-5-12-17(15)16;1-5-6-7-8-9-10-11-12-13-14-15(2,3)16-4;1-2/h1-12H,13H2;5-14H2,1-4H3;1-2H3. The molecule has 1 heteroatoms. The van der Waals surface area contributed by atoms with Gasteiger partial charge in [0.1, 0.15) is 0 Å². The average molecular weight is 477 g/mol. The first-order valence-corrected chi connectivity index (χ1v) is 14.1. The van der Waals surface area contributed by atoms with Crippen LogP contribution in [0.25, 0.3) is 10.8 Å². The van der Waals surface area contributed by atoms with Gasteiger partial charge in [-0.2, -0.15) is 0 Å². The third-order valence-corrected chi connectivity index (χ3v) is 6.55. The summed E-state index contributed by atoms with van der Waals surface area (Å²) in [5.41, 5.74) is 2.85. The smallest absolute Gasteiger partial charge is 0.0622 e. The van der Waals surface area contributed by atoms with Crippen LogP contribution in [0.4, 0.5) is 0 Å². The normalized spacial score (nSPS) is 10.8. The van der Waals surface area contributed by atoms with Crippen LogP contribution in [0.5, 0.6) is 0 Å². The highest BCUT2D eigenvalue weighted by Crippen LogP contribution is 2.21. The van der Waals surface area contributed by atoms with Crippen molar-refractivity contribution in [1.29, 1.82) is 0 Å². The summed E-state index contributed by atoms with van der Waals surface area (Å²) in [7, 11) is 1.81. The second-order valence-electron chi connectivity index (χ2n) is 9.84.